The first-order valence-corrected chi connectivity index (χ1v) is 7.78. The summed E-state index contributed by atoms with van der Waals surface area (Å²) in [7, 11) is 0. The summed E-state index contributed by atoms with van der Waals surface area (Å²) in [5.74, 6) is 2.11. The van der Waals surface area contributed by atoms with Crippen molar-refractivity contribution in [2.24, 2.45) is 0 Å². The molecule has 0 amide bonds. The van der Waals surface area contributed by atoms with Gasteiger partial charge in [0.2, 0.25) is 5.95 Å². The van der Waals surface area contributed by atoms with Crippen molar-refractivity contribution in [2.45, 2.75) is 26.3 Å². The van der Waals surface area contributed by atoms with E-state index in [0.717, 1.165) is 23.4 Å². The summed E-state index contributed by atoms with van der Waals surface area (Å²) in [6.45, 7) is 4.23. The third kappa shape index (κ3) is 2.98. The van der Waals surface area contributed by atoms with Crippen LogP contribution in [0.4, 0.5) is 10.3 Å². The van der Waals surface area contributed by atoms with Crippen molar-refractivity contribution in [2.75, 3.05) is 17.2 Å². The standard InChI is InChI=1S/C13H17ClFN3S/c1-3-19-5-4-8(2)18-12-6-9(14)10(15)7-11(12)17-13(18)16/h6-8H,3-5H2,1-2H3,(H2,16,17). The molecule has 1 atom stereocenters. The fraction of sp³-hybridized carbons (Fsp3) is 0.462. The van der Waals surface area contributed by atoms with Gasteiger partial charge in [-0.3, -0.25) is 0 Å². The highest BCUT2D eigenvalue weighted by atomic mass is 35.5. The third-order valence-corrected chi connectivity index (χ3v) is 4.31. The number of aromatic nitrogens is 2. The van der Waals surface area contributed by atoms with Gasteiger partial charge in [-0.25, -0.2) is 9.37 Å². The maximum absolute atomic E-state index is 13.4. The molecule has 0 radical (unpaired) electrons. The van der Waals surface area contributed by atoms with E-state index in [1.165, 1.54) is 6.07 Å². The van der Waals surface area contributed by atoms with Crippen molar-refractivity contribution >= 4 is 40.3 Å². The lowest BCUT2D eigenvalue weighted by atomic mass is 10.2. The second-order valence-electron chi connectivity index (χ2n) is 4.43. The van der Waals surface area contributed by atoms with Crippen LogP contribution in [-0.2, 0) is 0 Å². The molecular weight excluding hydrogens is 285 g/mol. The van der Waals surface area contributed by atoms with Gasteiger partial charge in [-0.2, -0.15) is 11.8 Å². The van der Waals surface area contributed by atoms with Gasteiger partial charge in [0.1, 0.15) is 5.82 Å². The van der Waals surface area contributed by atoms with Crippen molar-refractivity contribution in [3.63, 3.8) is 0 Å². The van der Waals surface area contributed by atoms with Crippen LogP contribution in [0.15, 0.2) is 12.1 Å². The van der Waals surface area contributed by atoms with Gasteiger partial charge >= 0.3 is 0 Å². The van der Waals surface area contributed by atoms with Crippen LogP contribution in [0.2, 0.25) is 5.02 Å². The molecule has 2 N–H and O–H groups in total. The maximum atomic E-state index is 13.4. The van der Waals surface area contributed by atoms with E-state index < -0.39 is 5.82 Å². The molecule has 0 spiro atoms. The van der Waals surface area contributed by atoms with Crippen LogP contribution in [0.25, 0.3) is 11.0 Å². The Morgan fingerprint density at radius 3 is 2.95 bits per heavy atom. The molecular formula is C13H17ClFN3S. The third-order valence-electron chi connectivity index (χ3n) is 3.08. The van der Waals surface area contributed by atoms with E-state index in [1.807, 2.05) is 16.3 Å². The second kappa shape index (κ2) is 6.01. The van der Waals surface area contributed by atoms with Gasteiger partial charge in [-0.1, -0.05) is 18.5 Å². The molecule has 1 aromatic heterocycles. The lowest BCUT2D eigenvalue weighted by Gasteiger charge is -2.15. The van der Waals surface area contributed by atoms with Crippen molar-refractivity contribution < 1.29 is 4.39 Å². The van der Waals surface area contributed by atoms with Gasteiger partial charge in [0.05, 0.1) is 16.1 Å². The molecule has 6 heteroatoms. The fourth-order valence-corrected chi connectivity index (χ4v) is 3.05. The minimum absolute atomic E-state index is 0.101. The number of hydrogen-bond acceptors (Lipinski definition) is 3. The molecule has 0 saturated carbocycles. The van der Waals surface area contributed by atoms with E-state index >= 15 is 0 Å². The minimum Gasteiger partial charge on any atom is -0.369 e. The van der Waals surface area contributed by atoms with E-state index in [4.69, 9.17) is 17.3 Å². The van der Waals surface area contributed by atoms with Gasteiger partial charge in [-0.05, 0) is 30.9 Å². The first-order valence-electron chi connectivity index (χ1n) is 6.24. The molecule has 19 heavy (non-hydrogen) atoms. The lowest BCUT2D eigenvalue weighted by Crippen LogP contribution is -2.09. The number of hydrogen-bond donors (Lipinski definition) is 1. The molecule has 0 saturated heterocycles. The summed E-state index contributed by atoms with van der Waals surface area (Å²) in [5.41, 5.74) is 7.28. The van der Waals surface area contributed by atoms with E-state index in [-0.39, 0.29) is 11.1 Å². The molecule has 2 rings (SSSR count). The Labute approximate surface area is 121 Å². The smallest absolute Gasteiger partial charge is 0.201 e. The monoisotopic (exact) mass is 301 g/mol. The van der Waals surface area contributed by atoms with Crippen LogP contribution >= 0.6 is 23.4 Å². The fourth-order valence-electron chi connectivity index (χ4n) is 2.10. The zero-order valence-corrected chi connectivity index (χ0v) is 12.6. The van der Waals surface area contributed by atoms with Gasteiger partial charge < -0.3 is 10.3 Å². The number of imidazole rings is 1. The van der Waals surface area contributed by atoms with Gasteiger partial charge in [0, 0.05) is 12.1 Å². The van der Waals surface area contributed by atoms with Crippen LogP contribution in [0.3, 0.4) is 0 Å². The zero-order chi connectivity index (χ0) is 14.0. The highest BCUT2D eigenvalue weighted by molar-refractivity contribution is 7.99. The minimum atomic E-state index is -0.465. The van der Waals surface area contributed by atoms with Gasteiger partial charge in [-0.15, -0.1) is 0 Å². The predicted octanol–water partition coefficient (Wildman–Crippen LogP) is 4.12. The summed E-state index contributed by atoms with van der Waals surface area (Å²) >= 11 is 7.73. The van der Waals surface area contributed by atoms with Crippen molar-refractivity contribution in [3.8, 4) is 0 Å². The summed E-state index contributed by atoms with van der Waals surface area (Å²) in [5, 5.41) is 0.101. The van der Waals surface area contributed by atoms with Crippen molar-refractivity contribution in [1.82, 2.24) is 9.55 Å². The quantitative estimate of drug-likeness (QED) is 0.845. The molecule has 0 bridgehead atoms. The van der Waals surface area contributed by atoms with Crippen LogP contribution in [0.1, 0.15) is 26.3 Å². The molecule has 1 heterocycles. The maximum Gasteiger partial charge on any atom is 0.201 e. The molecule has 0 aliphatic carbocycles. The summed E-state index contributed by atoms with van der Waals surface area (Å²) in [4.78, 5) is 4.20. The molecule has 1 aromatic carbocycles. The highest BCUT2D eigenvalue weighted by Gasteiger charge is 2.16. The SMILES string of the molecule is CCSCCC(C)n1c(N)nc2cc(F)c(Cl)cc21. The second-order valence-corrected chi connectivity index (χ2v) is 6.23. The Kier molecular flexibility index (Phi) is 4.58. The Hall–Kier alpha value is -0.940. The lowest BCUT2D eigenvalue weighted by molar-refractivity contribution is 0.556. The normalized spacial score (nSPS) is 13.1. The molecule has 104 valence electrons. The van der Waals surface area contributed by atoms with E-state index in [2.05, 4.69) is 18.8 Å². The van der Waals surface area contributed by atoms with Crippen LogP contribution in [0.5, 0.6) is 0 Å². The zero-order valence-electron chi connectivity index (χ0n) is 11.0. The number of nitrogen functional groups attached to an aromatic ring is 1. The molecule has 3 nitrogen and oxygen atoms in total. The number of rotatable bonds is 5. The first-order chi connectivity index (χ1) is 9.04. The summed E-state index contributed by atoms with van der Waals surface area (Å²) in [6, 6.07) is 3.14. The average Bonchev–Trinajstić information content (AvgIpc) is 2.65. The average molecular weight is 302 g/mol. The summed E-state index contributed by atoms with van der Waals surface area (Å²) < 4.78 is 15.3. The molecule has 0 aliphatic rings. The predicted molar refractivity (Wildman–Crippen MR) is 81.4 cm³/mol. The first kappa shape index (κ1) is 14.5. The molecule has 2 aromatic rings. The van der Waals surface area contributed by atoms with E-state index in [9.17, 15) is 4.39 Å². The molecule has 0 fully saturated rings. The Balaban J connectivity index is 2.36. The number of nitrogens with zero attached hydrogens (tertiary/aromatic N) is 2. The number of thioether (sulfide) groups is 1. The number of halogens is 2. The Bertz CT molecular complexity index is 585. The van der Waals surface area contributed by atoms with Gasteiger partial charge in [0.25, 0.3) is 0 Å². The number of benzene rings is 1. The van der Waals surface area contributed by atoms with Crippen molar-refractivity contribution in [3.05, 3.63) is 23.0 Å². The summed E-state index contributed by atoms with van der Waals surface area (Å²) in [6.07, 6.45) is 0.989. The van der Waals surface area contributed by atoms with Crippen LogP contribution in [-0.4, -0.2) is 21.1 Å². The molecule has 1 unspecified atom stereocenters. The van der Waals surface area contributed by atoms with Crippen LogP contribution in [0, 0.1) is 5.82 Å². The number of nitrogens with two attached hydrogens (primary N) is 1. The van der Waals surface area contributed by atoms with Crippen LogP contribution < -0.4 is 5.73 Å². The number of fused-ring (bicyclic) bond motifs is 1. The van der Waals surface area contributed by atoms with E-state index in [0.29, 0.717) is 11.5 Å². The van der Waals surface area contributed by atoms with Gasteiger partial charge in [0.15, 0.2) is 0 Å². The topological polar surface area (TPSA) is 43.8 Å². The highest BCUT2D eigenvalue weighted by Crippen LogP contribution is 2.29. The van der Waals surface area contributed by atoms with Crippen molar-refractivity contribution in [1.29, 1.82) is 0 Å². The number of anilines is 1. The Morgan fingerprint density at radius 1 is 1.53 bits per heavy atom. The Morgan fingerprint density at radius 2 is 2.26 bits per heavy atom. The largest absolute Gasteiger partial charge is 0.369 e. The van der Waals surface area contributed by atoms with E-state index in [1.54, 1.807) is 6.07 Å². The molecule has 0 aliphatic heterocycles.